The van der Waals surface area contributed by atoms with E-state index in [0.717, 1.165) is 13.1 Å². The van der Waals surface area contributed by atoms with Crippen LogP contribution in [0.3, 0.4) is 0 Å². The molecule has 2 unspecified atom stereocenters. The maximum atomic E-state index is 14.2. The second-order valence-corrected chi connectivity index (χ2v) is 9.28. The van der Waals surface area contributed by atoms with Crippen LogP contribution in [0.1, 0.15) is 22.3 Å². The van der Waals surface area contributed by atoms with Crippen molar-refractivity contribution in [2.45, 2.75) is 12.0 Å². The number of carbonyl (C=O) groups excluding carboxylic acids is 4. The Kier molecular flexibility index (Phi) is 6.55. The van der Waals surface area contributed by atoms with E-state index in [1.54, 1.807) is 60.7 Å². The number of carbonyl (C=O) groups is 4. The maximum absolute atomic E-state index is 14.2. The lowest BCUT2D eigenvalue weighted by Crippen LogP contribution is -2.56. The number of likely N-dealkylation sites (tertiary alicyclic amines) is 1. The van der Waals surface area contributed by atoms with E-state index in [1.807, 2.05) is 0 Å². The molecule has 3 aliphatic heterocycles. The summed E-state index contributed by atoms with van der Waals surface area (Å²) >= 11 is 0. The number of para-hydroxylation sites is 1. The molecule has 0 N–H and O–H groups in total. The van der Waals surface area contributed by atoms with Gasteiger partial charge < -0.3 is 14.5 Å². The van der Waals surface area contributed by atoms with Crippen LogP contribution in [0.4, 0.5) is 5.69 Å². The summed E-state index contributed by atoms with van der Waals surface area (Å²) in [5.41, 5.74) is -0.317. The van der Waals surface area contributed by atoms with E-state index < -0.39 is 34.8 Å². The van der Waals surface area contributed by atoms with Gasteiger partial charge in [-0.2, -0.15) is 0 Å². The van der Waals surface area contributed by atoms with Crippen LogP contribution in [0.5, 0.6) is 0 Å². The predicted molar refractivity (Wildman–Crippen MR) is 134 cm³/mol. The van der Waals surface area contributed by atoms with Crippen LogP contribution in [0.15, 0.2) is 67.3 Å². The first kappa shape index (κ1) is 24.1. The standard InChI is InChI=1S/C28H29N3O5/c1-2-13-30-22-12-7-6-11-21(22)28(27(30)35)23(24(32)20-9-4-3-5-10-20)25(33)26(34)31(28)15-8-14-29-16-18-36-19-17-29/h2-7,9-12,23H,1,8,13-19H2. The lowest BCUT2D eigenvalue weighted by molar-refractivity contribution is -0.143. The van der Waals surface area contributed by atoms with Crippen molar-refractivity contribution < 1.29 is 23.9 Å². The van der Waals surface area contributed by atoms with Gasteiger partial charge in [0, 0.05) is 43.9 Å². The molecule has 3 heterocycles. The molecule has 0 bridgehead atoms. The van der Waals surface area contributed by atoms with Gasteiger partial charge in [0.2, 0.25) is 5.78 Å². The molecule has 0 saturated carbocycles. The van der Waals surface area contributed by atoms with Gasteiger partial charge in [-0.1, -0.05) is 54.6 Å². The number of Topliss-reactive ketones (excluding diaryl/α,β-unsaturated/α-hetero) is 2. The number of ether oxygens (including phenoxy) is 1. The zero-order chi connectivity index (χ0) is 25.3. The van der Waals surface area contributed by atoms with Gasteiger partial charge >= 0.3 is 0 Å². The van der Waals surface area contributed by atoms with Crippen LogP contribution >= 0.6 is 0 Å². The SMILES string of the molecule is C=CCN1C(=O)C2(c3ccccc31)C(C(=O)c1ccccc1)C(=O)C(=O)N2CCCN1CCOCC1. The summed E-state index contributed by atoms with van der Waals surface area (Å²) in [6.45, 7) is 7.75. The minimum absolute atomic E-state index is 0.183. The first-order valence-electron chi connectivity index (χ1n) is 12.3. The molecule has 0 radical (unpaired) electrons. The van der Waals surface area contributed by atoms with Crippen LogP contribution in [-0.2, 0) is 24.7 Å². The van der Waals surface area contributed by atoms with Crippen molar-refractivity contribution in [3.63, 3.8) is 0 Å². The van der Waals surface area contributed by atoms with E-state index in [0.29, 0.717) is 43.0 Å². The Morgan fingerprint density at radius 2 is 1.69 bits per heavy atom. The number of anilines is 1. The van der Waals surface area contributed by atoms with Crippen LogP contribution in [0.2, 0.25) is 0 Å². The van der Waals surface area contributed by atoms with Gasteiger partial charge in [0.25, 0.3) is 11.8 Å². The summed E-state index contributed by atoms with van der Waals surface area (Å²) in [6, 6.07) is 15.5. The third-order valence-electron chi connectivity index (χ3n) is 7.33. The van der Waals surface area contributed by atoms with Gasteiger partial charge in [0.15, 0.2) is 11.3 Å². The van der Waals surface area contributed by atoms with E-state index in [1.165, 1.54) is 9.80 Å². The molecule has 2 saturated heterocycles. The van der Waals surface area contributed by atoms with Crippen molar-refractivity contribution in [3.05, 3.63) is 78.4 Å². The third-order valence-corrected chi connectivity index (χ3v) is 7.33. The number of fused-ring (bicyclic) bond motifs is 2. The minimum atomic E-state index is -1.72. The maximum Gasteiger partial charge on any atom is 0.292 e. The summed E-state index contributed by atoms with van der Waals surface area (Å²) < 4.78 is 5.41. The molecule has 8 nitrogen and oxygen atoms in total. The number of rotatable bonds is 8. The number of hydrogen-bond donors (Lipinski definition) is 0. The molecule has 36 heavy (non-hydrogen) atoms. The van der Waals surface area contributed by atoms with Crippen molar-refractivity contribution >= 4 is 29.1 Å². The molecule has 0 aliphatic carbocycles. The largest absolute Gasteiger partial charge is 0.379 e. The van der Waals surface area contributed by atoms with Gasteiger partial charge in [-0.3, -0.25) is 24.1 Å². The Morgan fingerprint density at radius 3 is 2.42 bits per heavy atom. The van der Waals surface area contributed by atoms with Crippen LogP contribution in [0, 0.1) is 5.92 Å². The van der Waals surface area contributed by atoms with Crippen LogP contribution in [-0.4, -0.2) is 79.1 Å². The molecule has 1 spiro atoms. The highest BCUT2D eigenvalue weighted by molar-refractivity contribution is 6.46. The summed E-state index contributed by atoms with van der Waals surface area (Å²) in [4.78, 5) is 60.3. The van der Waals surface area contributed by atoms with Gasteiger partial charge in [0.1, 0.15) is 5.92 Å². The fraction of sp³-hybridized carbons (Fsp3) is 0.357. The summed E-state index contributed by atoms with van der Waals surface area (Å²) in [5, 5.41) is 0. The average molecular weight is 488 g/mol. The first-order valence-corrected chi connectivity index (χ1v) is 12.3. The van der Waals surface area contributed by atoms with Gasteiger partial charge in [0.05, 0.1) is 18.9 Å². The smallest absolute Gasteiger partial charge is 0.292 e. The molecule has 3 aliphatic rings. The monoisotopic (exact) mass is 487 g/mol. The Bertz CT molecular complexity index is 1210. The number of benzene rings is 2. The zero-order valence-electron chi connectivity index (χ0n) is 20.1. The van der Waals surface area contributed by atoms with Crippen LogP contribution in [0.25, 0.3) is 0 Å². The average Bonchev–Trinajstić information content (AvgIpc) is 3.29. The summed E-state index contributed by atoms with van der Waals surface area (Å²) in [5.74, 6) is -4.04. The molecule has 2 amide bonds. The molecule has 5 rings (SSSR count). The lowest BCUT2D eigenvalue weighted by atomic mass is 9.75. The number of morpholine rings is 1. The zero-order valence-corrected chi connectivity index (χ0v) is 20.1. The number of hydrogen-bond acceptors (Lipinski definition) is 6. The van der Waals surface area contributed by atoms with Crippen LogP contribution < -0.4 is 4.90 Å². The Balaban J connectivity index is 1.59. The van der Waals surface area contributed by atoms with E-state index >= 15 is 0 Å². The highest BCUT2D eigenvalue weighted by atomic mass is 16.5. The number of amides is 2. The third kappa shape index (κ3) is 3.68. The second-order valence-electron chi connectivity index (χ2n) is 9.28. The van der Waals surface area contributed by atoms with Crippen molar-refractivity contribution in [2.75, 3.05) is 50.8 Å². The summed E-state index contributed by atoms with van der Waals surface area (Å²) in [7, 11) is 0. The highest BCUT2D eigenvalue weighted by Gasteiger charge is 2.70. The fourth-order valence-corrected chi connectivity index (χ4v) is 5.71. The number of nitrogens with zero attached hydrogens (tertiary/aromatic N) is 3. The quantitative estimate of drug-likeness (QED) is 0.245. The van der Waals surface area contributed by atoms with E-state index in [9.17, 15) is 19.2 Å². The first-order chi connectivity index (χ1) is 17.5. The molecule has 2 aromatic carbocycles. The Hall–Kier alpha value is -3.62. The van der Waals surface area contributed by atoms with Crippen molar-refractivity contribution in [3.8, 4) is 0 Å². The topological polar surface area (TPSA) is 87.2 Å². The molecular weight excluding hydrogens is 458 g/mol. The predicted octanol–water partition coefficient (Wildman–Crippen LogP) is 2.05. The lowest BCUT2D eigenvalue weighted by Gasteiger charge is -2.37. The Labute approximate surface area is 210 Å². The Morgan fingerprint density at radius 1 is 1.00 bits per heavy atom. The number of ketones is 2. The normalized spacial score (nSPS) is 24.0. The summed E-state index contributed by atoms with van der Waals surface area (Å²) in [6.07, 6.45) is 2.16. The second kappa shape index (κ2) is 9.79. The molecule has 8 heteroatoms. The molecule has 0 aromatic heterocycles. The van der Waals surface area contributed by atoms with Gasteiger partial charge in [-0.25, -0.2) is 0 Å². The highest BCUT2D eigenvalue weighted by Crippen LogP contribution is 2.53. The van der Waals surface area contributed by atoms with Crippen molar-refractivity contribution in [1.29, 1.82) is 0 Å². The molecule has 2 aromatic rings. The molecule has 2 atom stereocenters. The van der Waals surface area contributed by atoms with Gasteiger partial charge in [-0.15, -0.1) is 6.58 Å². The minimum Gasteiger partial charge on any atom is -0.379 e. The molecule has 2 fully saturated rings. The molecule has 186 valence electrons. The van der Waals surface area contributed by atoms with E-state index in [2.05, 4.69) is 11.5 Å². The van der Waals surface area contributed by atoms with E-state index in [4.69, 9.17) is 4.74 Å². The van der Waals surface area contributed by atoms with Gasteiger partial charge in [-0.05, 0) is 12.5 Å². The molecular formula is C28H29N3O5. The fourth-order valence-electron chi connectivity index (χ4n) is 5.71. The van der Waals surface area contributed by atoms with Crippen molar-refractivity contribution in [1.82, 2.24) is 9.80 Å². The van der Waals surface area contributed by atoms with E-state index in [-0.39, 0.29) is 13.1 Å². The van der Waals surface area contributed by atoms with Crippen molar-refractivity contribution in [2.24, 2.45) is 5.92 Å².